The summed E-state index contributed by atoms with van der Waals surface area (Å²) >= 11 is 0. The van der Waals surface area contributed by atoms with Gasteiger partial charge in [0.05, 0.1) is 0 Å². The molecule has 0 aliphatic carbocycles. The Morgan fingerprint density at radius 1 is 1.05 bits per heavy atom. The van der Waals surface area contributed by atoms with Gasteiger partial charge in [0.15, 0.2) is 0 Å². The van der Waals surface area contributed by atoms with E-state index in [0.29, 0.717) is 17.9 Å². The fourth-order valence-electron chi connectivity index (χ4n) is 4.26. The molecular weight excluding hydrogens is 272 g/mol. The molecule has 22 heavy (non-hydrogen) atoms. The summed E-state index contributed by atoms with van der Waals surface area (Å²) in [6, 6.07) is 16.7. The molecule has 1 saturated heterocycles. The lowest BCUT2D eigenvalue weighted by molar-refractivity contribution is 0.0916. The van der Waals surface area contributed by atoms with Crippen molar-refractivity contribution in [2.24, 2.45) is 5.92 Å². The fourth-order valence-corrected chi connectivity index (χ4v) is 4.26. The van der Waals surface area contributed by atoms with E-state index in [-0.39, 0.29) is 5.56 Å². The van der Waals surface area contributed by atoms with Gasteiger partial charge in [0, 0.05) is 43.4 Å². The molecule has 2 aliphatic rings. The topological polar surface area (TPSA) is 25.2 Å². The molecule has 0 spiro atoms. The standard InChI is InChI=1S/C19H22N2O/c1-14-16-10-17(18-8-5-9-19(22)21(14)18)13-20(12-16)11-15-6-3-2-4-7-15/h2-9,14,16-17H,10-13H2,1H3/t14?,16-,17+/m0/s1. The molecule has 4 rings (SSSR count). The molecule has 0 amide bonds. The van der Waals surface area contributed by atoms with Gasteiger partial charge in [-0.25, -0.2) is 0 Å². The Balaban J connectivity index is 1.63. The van der Waals surface area contributed by atoms with Crippen LogP contribution in [-0.2, 0) is 6.54 Å². The van der Waals surface area contributed by atoms with E-state index in [0.717, 1.165) is 19.6 Å². The van der Waals surface area contributed by atoms with E-state index in [1.54, 1.807) is 6.07 Å². The van der Waals surface area contributed by atoms with Crippen LogP contribution in [0, 0.1) is 5.92 Å². The second kappa shape index (κ2) is 5.40. The van der Waals surface area contributed by atoms with Crippen LogP contribution < -0.4 is 5.56 Å². The highest BCUT2D eigenvalue weighted by Crippen LogP contribution is 2.40. The van der Waals surface area contributed by atoms with Crippen LogP contribution in [0.2, 0.25) is 0 Å². The first-order valence-corrected chi connectivity index (χ1v) is 8.20. The van der Waals surface area contributed by atoms with Crippen LogP contribution in [0.5, 0.6) is 0 Å². The molecule has 3 nitrogen and oxygen atoms in total. The predicted molar refractivity (Wildman–Crippen MR) is 88.0 cm³/mol. The summed E-state index contributed by atoms with van der Waals surface area (Å²) in [5.74, 6) is 1.07. The van der Waals surface area contributed by atoms with E-state index >= 15 is 0 Å². The van der Waals surface area contributed by atoms with Crippen LogP contribution in [0.25, 0.3) is 0 Å². The molecule has 1 fully saturated rings. The molecule has 3 heterocycles. The van der Waals surface area contributed by atoms with E-state index in [2.05, 4.69) is 48.2 Å². The maximum absolute atomic E-state index is 12.2. The van der Waals surface area contributed by atoms with Gasteiger partial charge in [0.25, 0.3) is 5.56 Å². The lowest BCUT2D eigenvalue weighted by atomic mass is 9.79. The minimum absolute atomic E-state index is 0.163. The quantitative estimate of drug-likeness (QED) is 0.850. The smallest absolute Gasteiger partial charge is 0.250 e. The Bertz CT molecular complexity index is 722. The monoisotopic (exact) mass is 294 g/mol. The van der Waals surface area contributed by atoms with Gasteiger partial charge < -0.3 is 4.57 Å². The average Bonchev–Trinajstić information content (AvgIpc) is 2.53. The number of rotatable bonds is 2. The van der Waals surface area contributed by atoms with E-state index < -0.39 is 0 Å². The molecule has 0 radical (unpaired) electrons. The molecule has 3 atom stereocenters. The van der Waals surface area contributed by atoms with Gasteiger partial charge in [-0.3, -0.25) is 9.69 Å². The Hall–Kier alpha value is -1.87. The highest BCUT2D eigenvalue weighted by molar-refractivity contribution is 5.20. The molecule has 114 valence electrons. The Labute approximate surface area is 131 Å². The highest BCUT2D eigenvalue weighted by Gasteiger charge is 2.38. The summed E-state index contributed by atoms with van der Waals surface area (Å²) in [7, 11) is 0. The van der Waals surface area contributed by atoms with E-state index in [9.17, 15) is 4.79 Å². The third kappa shape index (κ3) is 2.30. The van der Waals surface area contributed by atoms with Crippen LogP contribution in [0.1, 0.15) is 36.6 Å². The van der Waals surface area contributed by atoms with Gasteiger partial charge in [0.1, 0.15) is 0 Å². The van der Waals surface area contributed by atoms with Crippen LogP contribution in [-0.4, -0.2) is 22.6 Å². The van der Waals surface area contributed by atoms with Gasteiger partial charge in [0.2, 0.25) is 0 Å². The van der Waals surface area contributed by atoms with Crippen molar-refractivity contribution in [3.63, 3.8) is 0 Å². The molecule has 2 aromatic rings. The van der Waals surface area contributed by atoms with Crippen molar-refractivity contribution in [2.45, 2.75) is 31.8 Å². The van der Waals surface area contributed by atoms with Gasteiger partial charge in [-0.05, 0) is 30.9 Å². The van der Waals surface area contributed by atoms with E-state index in [4.69, 9.17) is 0 Å². The lowest BCUT2D eigenvalue weighted by Crippen LogP contribution is -2.48. The minimum atomic E-state index is 0.163. The molecule has 2 bridgehead atoms. The SMILES string of the molecule is CC1[C@H]2C[C@H](CN(Cc3ccccc3)C2)c2cccc(=O)n21. The third-order valence-corrected chi connectivity index (χ3v) is 5.34. The normalized spacial score (nSPS) is 27.4. The zero-order valence-electron chi connectivity index (χ0n) is 13.0. The Morgan fingerprint density at radius 2 is 1.86 bits per heavy atom. The third-order valence-electron chi connectivity index (χ3n) is 5.34. The summed E-state index contributed by atoms with van der Waals surface area (Å²) in [6.07, 6.45) is 1.22. The Morgan fingerprint density at radius 3 is 2.68 bits per heavy atom. The van der Waals surface area contributed by atoms with Gasteiger partial charge in [-0.15, -0.1) is 0 Å². The molecule has 1 unspecified atom stereocenters. The number of likely N-dealkylation sites (tertiary alicyclic amines) is 1. The van der Waals surface area contributed by atoms with Gasteiger partial charge in [-0.1, -0.05) is 36.4 Å². The molecule has 1 aromatic heterocycles. The predicted octanol–water partition coefficient (Wildman–Crippen LogP) is 3.03. The summed E-state index contributed by atoms with van der Waals surface area (Å²) in [4.78, 5) is 14.8. The average molecular weight is 294 g/mol. The summed E-state index contributed by atoms with van der Waals surface area (Å²) in [6.45, 7) is 5.37. The second-order valence-corrected chi connectivity index (χ2v) is 6.77. The summed E-state index contributed by atoms with van der Waals surface area (Å²) in [5.41, 5.74) is 2.77. The number of hydrogen-bond acceptors (Lipinski definition) is 2. The minimum Gasteiger partial charge on any atom is -0.309 e. The van der Waals surface area contributed by atoms with E-state index in [1.807, 2.05) is 10.6 Å². The maximum atomic E-state index is 12.2. The molecule has 0 N–H and O–H groups in total. The van der Waals surface area contributed by atoms with E-state index in [1.165, 1.54) is 17.7 Å². The van der Waals surface area contributed by atoms with Gasteiger partial charge >= 0.3 is 0 Å². The van der Waals surface area contributed by atoms with Crippen LogP contribution >= 0.6 is 0 Å². The number of piperidine rings is 1. The second-order valence-electron chi connectivity index (χ2n) is 6.77. The fraction of sp³-hybridized carbons (Fsp3) is 0.421. The highest BCUT2D eigenvalue weighted by atomic mass is 16.1. The molecular formula is C19H22N2O. The number of benzene rings is 1. The summed E-state index contributed by atoms with van der Waals surface area (Å²) in [5, 5.41) is 0. The molecule has 1 aromatic carbocycles. The van der Waals surface area contributed by atoms with Crippen molar-refractivity contribution in [1.82, 2.24) is 9.47 Å². The Kier molecular flexibility index (Phi) is 3.38. The van der Waals surface area contributed by atoms with Crippen molar-refractivity contribution in [2.75, 3.05) is 13.1 Å². The number of nitrogens with zero attached hydrogens (tertiary/aromatic N) is 2. The number of fused-ring (bicyclic) bond motifs is 4. The number of pyridine rings is 1. The maximum Gasteiger partial charge on any atom is 0.250 e. The number of aromatic nitrogens is 1. The first-order chi connectivity index (χ1) is 10.7. The lowest BCUT2D eigenvalue weighted by Gasteiger charge is -2.46. The molecule has 3 heteroatoms. The molecule has 2 aliphatic heterocycles. The van der Waals surface area contributed by atoms with Crippen LogP contribution in [0.15, 0.2) is 53.3 Å². The zero-order valence-corrected chi connectivity index (χ0v) is 13.0. The number of hydrogen-bond donors (Lipinski definition) is 0. The largest absolute Gasteiger partial charge is 0.309 e. The van der Waals surface area contributed by atoms with Crippen LogP contribution in [0.4, 0.5) is 0 Å². The van der Waals surface area contributed by atoms with Gasteiger partial charge in [-0.2, -0.15) is 0 Å². The summed E-state index contributed by atoms with van der Waals surface area (Å²) < 4.78 is 2.04. The van der Waals surface area contributed by atoms with Crippen molar-refractivity contribution in [3.05, 3.63) is 70.1 Å². The first-order valence-electron chi connectivity index (χ1n) is 8.20. The van der Waals surface area contributed by atoms with Crippen molar-refractivity contribution >= 4 is 0 Å². The zero-order chi connectivity index (χ0) is 15.1. The molecule has 0 saturated carbocycles. The van der Waals surface area contributed by atoms with Crippen LogP contribution in [0.3, 0.4) is 0 Å². The van der Waals surface area contributed by atoms with Crippen molar-refractivity contribution < 1.29 is 0 Å². The first kappa shape index (κ1) is 13.8. The van der Waals surface area contributed by atoms with Crippen molar-refractivity contribution in [1.29, 1.82) is 0 Å². The van der Waals surface area contributed by atoms with Crippen molar-refractivity contribution in [3.8, 4) is 0 Å².